The summed E-state index contributed by atoms with van der Waals surface area (Å²) in [6.07, 6.45) is -5.61. The number of ether oxygens (including phenoxy) is 1. The van der Waals surface area contributed by atoms with Gasteiger partial charge in [-0.25, -0.2) is 0 Å². The standard InChI is InChI=1S/C9H19F3N2O2/c1-16-6-7(3-2-4-13)14-5-8(15)9(10,11)12/h7-8,14-15H,2-6,13H2,1H3. The Morgan fingerprint density at radius 2 is 2.06 bits per heavy atom. The van der Waals surface area contributed by atoms with Crippen LogP contribution in [0.2, 0.25) is 0 Å². The summed E-state index contributed by atoms with van der Waals surface area (Å²) in [6.45, 7) is 0.246. The molecule has 0 aliphatic carbocycles. The van der Waals surface area contributed by atoms with Gasteiger partial charge in [0.25, 0.3) is 0 Å². The summed E-state index contributed by atoms with van der Waals surface area (Å²) in [7, 11) is 1.47. The molecule has 0 heterocycles. The summed E-state index contributed by atoms with van der Waals surface area (Å²) in [5.74, 6) is 0. The summed E-state index contributed by atoms with van der Waals surface area (Å²) in [4.78, 5) is 0. The molecule has 16 heavy (non-hydrogen) atoms. The van der Waals surface area contributed by atoms with Crippen LogP contribution in [-0.4, -0.2) is 50.2 Å². The molecular weight excluding hydrogens is 225 g/mol. The Labute approximate surface area is 93.0 Å². The second-order valence-electron chi connectivity index (χ2n) is 3.55. The van der Waals surface area contributed by atoms with Crippen LogP contribution in [0.4, 0.5) is 13.2 Å². The number of hydrogen-bond acceptors (Lipinski definition) is 4. The van der Waals surface area contributed by atoms with Crippen LogP contribution in [0.25, 0.3) is 0 Å². The quantitative estimate of drug-likeness (QED) is 0.572. The highest BCUT2D eigenvalue weighted by Crippen LogP contribution is 2.19. The van der Waals surface area contributed by atoms with Crippen LogP contribution in [-0.2, 0) is 4.74 Å². The summed E-state index contributed by atoms with van der Waals surface area (Å²) < 4.78 is 40.8. The van der Waals surface area contributed by atoms with Crippen molar-refractivity contribution in [2.75, 3.05) is 26.8 Å². The highest BCUT2D eigenvalue weighted by molar-refractivity contribution is 4.73. The molecule has 0 fully saturated rings. The monoisotopic (exact) mass is 244 g/mol. The minimum absolute atomic E-state index is 0.217. The number of hydrogen-bond donors (Lipinski definition) is 3. The van der Waals surface area contributed by atoms with E-state index in [4.69, 9.17) is 15.6 Å². The second kappa shape index (κ2) is 7.83. The van der Waals surface area contributed by atoms with Crippen molar-refractivity contribution in [1.82, 2.24) is 5.32 Å². The summed E-state index contributed by atoms with van der Waals surface area (Å²) >= 11 is 0. The predicted octanol–water partition coefficient (Wildman–Crippen LogP) is 0.253. The fourth-order valence-electron chi connectivity index (χ4n) is 1.20. The summed E-state index contributed by atoms with van der Waals surface area (Å²) in [6, 6.07) is -0.217. The van der Waals surface area contributed by atoms with Gasteiger partial charge in [-0.05, 0) is 19.4 Å². The third kappa shape index (κ3) is 7.00. The number of nitrogens with two attached hydrogens (primary N) is 1. The Hall–Kier alpha value is -0.370. The lowest BCUT2D eigenvalue weighted by Gasteiger charge is -2.21. The van der Waals surface area contributed by atoms with Crippen molar-refractivity contribution in [3.8, 4) is 0 Å². The van der Waals surface area contributed by atoms with Crippen molar-refractivity contribution in [3.05, 3.63) is 0 Å². The van der Waals surface area contributed by atoms with E-state index in [0.717, 1.165) is 0 Å². The number of aliphatic hydroxyl groups is 1. The molecule has 4 nitrogen and oxygen atoms in total. The van der Waals surface area contributed by atoms with Gasteiger partial charge in [0, 0.05) is 19.7 Å². The maximum atomic E-state index is 12.0. The van der Waals surface area contributed by atoms with Crippen molar-refractivity contribution >= 4 is 0 Å². The van der Waals surface area contributed by atoms with E-state index < -0.39 is 18.8 Å². The molecule has 7 heteroatoms. The van der Waals surface area contributed by atoms with Gasteiger partial charge in [0.2, 0.25) is 0 Å². The van der Waals surface area contributed by atoms with Crippen LogP contribution >= 0.6 is 0 Å². The zero-order chi connectivity index (χ0) is 12.6. The molecule has 0 spiro atoms. The highest BCUT2D eigenvalue weighted by Gasteiger charge is 2.38. The smallest absolute Gasteiger partial charge is 0.383 e. The van der Waals surface area contributed by atoms with E-state index in [1.54, 1.807) is 0 Å². The van der Waals surface area contributed by atoms with Crippen molar-refractivity contribution in [2.45, 2.75) is 31.2 Å². The molecule has 2 atom stereocenters. The van der Waals surface area contributed by atoms with Gasteiger partial charge in [0.05, 0.1) is 6.61 Å². The van der Waals surface area contributed by atoms with Gasteiger partial charge in [0.1, 0.15) is 0 Å². The molecule has 0 saturated heterocycles. The summed E-state index contributed by atoms with van der Waals surface area (Å²) in [5.41, 5.74) is 5.30. The number of methoxy groups -OCH3 is 1. The minimum Gasteiger partial charge on any atom is -0.383 e. The molecule has 0 amide bonds. The number of halogens is 3. The molecule has 2 unspecified atom stereocenters. The van der Waals surface area contributed by atoms with E-state index in [-0.39, 0.29) is 6.04 Å². The highest BCUT2D eigenvalue weighted by atomic mass is 19.4. The lowest BCUT2D eigenvalue weighted by atomic mass is 10.1. The maximum absolute atomic E-state index is 12.0. The van der Waals surface area contributed by atoms with E-state index in [0.29, 0.717) is 26.0 Å². The lowest BCUT2D eigenvalue weighted by molar-refractivity contribution is -0.202. The normalized spacial score (nSPS) is 16.1. The Kier molecular flexibility index (Phi) is 7.65. The molecule has 0 radical (unpaired) electrons. The Balaban J connectivity index is 3.91. The van der Waals surface area contributed by atoms with Crippen LogP contribution in [0.3, 0.4) is 0 Å². The van der Waals surface area contributed by atoms with Crippen molar-refractivity contribution < 1.29 is 23.0 Å². The first-order valence-electron chi connectivity index (χ1n) is 5.09. The topological polar surface area (TPSA) is 67.5 Å². The largest absolute Gasteiger partial charge is 0.415 e. The van der Waals surface area contributed by atoms with Gasteiger partial charge in [-0.3, -0.25) is 0 Å². The summed E-state index contributed by atoms with van der Waals surface area (Å²) in [5, 5.41) is 11.4. The molecule has 98 valence electrons. The third-order valence-corrected chi connectivity index (χ3v) is 2.10. The fourth-order valence-corrected chi connectivity index (χ4v) is 1.20. The van der Waals surface area contributed by atoms with Crippen molar-refractivity contribution in [1.29, 1.82) is 0 Å². The molecule has 4 N–H and O–H groups in total. The van der Waals surface area contributed by atoms with E-state index in [9.17, 15) is 13.2 Å². The molecular formula is C9H19F3N2O2. The van der Waals surface area contributed by atoms with Crippen LogP contribution < -0.4 is 11.1 Å². The molecule has 0 aromatic carbocycles. The lowest BCUT2D eigenvalue weighted by Crippen LogP contribution is -2.44. The van der Waals surface area contributed by atoms with Crippen LogP contribution in [0.1, 0.15) is 12.8 Å². The first kappa shape index (κ1) is 15.6. The van der Waals surface area contributed by atoms with Crippen LogP contribution in [0, 0.1) is 0 Å². The van der Waals surface area contributed by atoms with Crippen LogP contribution in [0.5, 0.6) is 0 Å². The second-order valence-corrected chi connectivity index (χ2v) is 3.55. The van der Waals surface area contributed by atoms with Gasteiger partial charge >= 0.3 is 6.18 Å². The van der Waals surface area contributed by atoms with E-state index in [1.807, 2.05) is 0 Å². The molecule has 0 rings (SSSR count). The Morgan fingerprint density at radius 3 is 2.50 bits per heavy atom. The maximum Gasteiger partial charge on any atom is 0.415 e. The number of aliphatic hydroxyl groups excluding tert-OH is 1. The molecule has 0 bridgehead atoms. The molecule has 0 saturated carbocycles. The predicted molar refractivity (Wildman–Crippen MR) is 54.0 cm³/mol. The zero-order valence-electron chi connectivity index (χ0n) is 9.26. The minimum atomic E-state index is -4.58. The third-order valence-electron chi connectivity index (χ3n) is 2.10. The number of rotatable bonds is 8. The SMILES string of the molecule is COCC(CCCN)NCC(O)C(F)(F)F. The van der Waals surface area contributed by atoms with E-state index in [2.05, 4.69) is 5.32 Å². The molecule has 0 aromatic rings. The van der Waals surface area contributed by atoms with Gasteiger partial charge in [-0.2, -0.15) is 13.2 Å². The van der Waals surface area contributed by atoms with Crippen LogP contribution in [0.15, 0.2) is 0 Å². The van der Waals surface area contributed by atoms with E-state index in [1.165, 1.54) is 7.11 Å². The first-order valence-corrected chi connectivity index (χ1v) is 5.09. The van der Waals surface area contributed by atoms with E-state index >= 15 is 0 Å². The average molecular weight is 244 g/mol. The first-order chi connectivity index (χ1) is 7.41. The molecule has 0 aliphatic rings. The average Bonchev–Trinajstić information content (AvgIpc) is 2.20. The fraction of sp³-hybridized carbons (Fsp3) is 1.00. The molecule has 0 aliphatic heterocycles. The van der Waals surface area contributed by atoms with Crippen molar-refractivity contribution in [2.24, 2.45) is 5.73 Å². The van der Waals surface area contributed by atoms with Crippen molar-refractivity contribution in [3.63, 3.8) is 0 Å². The van der Waals surface area contributed by atoms with Gasteiger partial charge < -0.3 is 20.9 Å². The Morgan fingerprint density at radius 1 is 1.44 bits per heavy atom. The van der Waals surface area contributed by atoms with Gasteiger partial charge in [-0.15, -0.1) is 0 Å². The molecule has 0 aromatic heterocycles. The number of nitrogens with one attached hydrogen (secondary N) is 1. The van der Waals surface area contributed by atoms with Gasteiger partial charge in [0.15, 0.2) is 6.10 Å². The Bertz CT molecular complexity index is 179. The zero-order valence-corrected chi connectivity index (χ0v) is 9.26. The van der Waals surface area contributed by atoms with Gasteiger partial charge in [-0.1, -0.05) is 0 Å². The number of alkyl halides is 3.